The molecule has 25 heavy (non-hydrogen) atoms. The van der Waals surface area contributed by atoms with Crippen LogP contribution in [0.2, 0.25) is 0 Å². The first-order valence-corrected chi connectivity index (χ1v) is 8.75. The summed E-state index contributed by atoms with van der Waals surface area (Å²) in [7, 11) is 1.49. The zero-order chi connectivity index (χ0) is 18.1. The molecule has 1 aliphatic rings. The maximum Gasteiger partial charge on any atom is 0.321 e. The molecule has 1 fully saturated rings. The Morgan fingerprint density at radius 2 is 2.12 bits per heavy atom. The zero-order valence-corrected chi connectivity index (χ0v) is 14.9. The predicted molar refractivity (Wildman–Crippen MR) is 99.1 cm³/mol. The molecule has 6 heteroatoms. The van der Waals surface area contributed by atoms with Crippen LogP contribution in [0.25, 0.3) is 0 Å². The molecular weight excluding hydrogens is 316 g/mol. The van der Waals surface area contributed by atoms with Gasteiger partial charge in [-0.25, -0.2) is 4.79 Å². The summed E-state index contributed by atoms with van der Waals surface area (Å²) in [5.41, 5.74) is 1.32. The van der Waals surface area contributed by atoms with Gasteiger partial charge in [-0.2, -0.15) is 0 Å². The minimum absolute atomic E-state index is 0.257. The molecular formula is C19H28N4O2. The molecule has 0 aromatic heterocycles. The molecule has 1 atom stereocenters. The Bertz CT molecular complexity index is 576. The number of amides is 3. The highest BCUT2D eigenvalue weighted by atomic mass is 16.2. The summed E-state index contributed by atoms with van der Waals surface area (Å²) in [5, 5.41) is 4.69. The third-order valence-electron chi connectivity index (χ3n) is 4.48. The summed E-state index contributed by atoms with van der Waals surface area (Å²) in [6.07, 6.45) is 3.25. The van der Waals surface area contributed by atoms with Crippen molar-refractivity contribution in [1.82, 2.24) is 20.4 Å². The van der Waals surface area contributed by atoms with Crippen LogP contribution in [0, 0.1) is 0 Å². The SMILES string of the molecule is C=CCN(CCC(=O)NC(=O)NC)[C@@H]1CCN(Cc2ccccc2)C1. The summed E-state index contributed by atoms with van der Waals surface area (Å²) in [6, 6.07) is 10.4. The van der Waals surface area contributed by atoms with Gasteiger partial charge in [-0.1, -0.05) is 36.4 Å². The van der Waals surface area contributed by atoms with Crippen LogP contribution < -0.4 is 10.6 Å². The molecule has 2 N–H and O–H groups in total. The van der Waals surface area contributed by atoms with Crippen LogP contribution in [0.15, 0.2) is 43.0 Å². The number of likely N-dealkylation sites (tertiary alicyclic amines) is 1. The zero-order valence-electron chi connectivity index (χ0n) is 14.9. The number of rotatable bonds is 8. The third-order valence-corrected chi connectivity index (χ3v) is 4.48. The standard InChI is InChI=1S/C19H28N4O2/c1-3-11-23(13-10-18(24)21-19(25)20-2)17-9-12-22(15-17)14-16-7-5-4-6-8-16/h3-8,17H,1,9-15H2,2H3,(H2,20,21,24,25)/t17-/m1/s1. The Kier molecular flexibility index (Phi) is 7.63. The molecule has 1 aliphatic heterocycles. The number of benzene rings is 1. The van der Waals surface area contributed by atoms with Gasteiger partial charge in [-0.05, 0) is 12.0 Å². The minimum atomic E-state index is -0.463. The lowest BCUT2D eigenvalue weighted by molar-refractivity contribution is -0.120. The average Bonchev–Trinajstić information content (AvgIpc) is 3.07. The number of nitrogens with zero attached hydrogens (tertiary/aromatic N) is 2. The number of carbonyl (C=O) groups is 2. The van der Waals surface area contributed by atoms with Gasteiger partial charge in [0.2, 0.25) is 5.91 Å². The van der Waals surface area contributed by atoms with E-state index in [2.05, 4.69) is 51.3 Å². The van der Waals surface area contributed by atoms with Crippen LogP contribution in [-0.4, -0.2) is 61.0 Å². The number of hydrogen-bond donors (Lipinski definition) is 2. The quantitative estimate of drug-likeness (QED) is 0.703. The van der Waals surface area contributed by atoms with Crippen molar-refractivity contribution in [3.05, 3.63) is 48.6 Å². The Morgan fingerprint density at radius 1 is 1.36 bits per heavy atom. The topological polar surface area (TPSA) is 64.7 Å². The maximum atomic E-state index is 11.8. The minimum Gasteiger partial charge on any atom is -0.341 e. The highest BCUT2D eigenvalue weighted by Gasteiger charge is 2.27. The molecule has 2 rings (SSSR count). The lowest BCUT2D eigenvalue weighted by atomic mass is 10.2. The van der Waals surface area contributed by atoms with E-state index < -0.39 is 6.03 Å². The molecule has 0 unspecified atom stereocenters. The number of nitrogens with one attached hydrogen (secondary N) is 2. The Balaban J connectivity index is 1.82. The van der Waals surface area contributed by atoms with Crippen molar-refractivity contribution in [2.75, 3.05) is 33.2 Å². The third kappa shape index (κ3) is 6.32. The van der Waals surface area contributed by atoms with Crippen molar-refractivity contribution < 1.29 is 9.59 Å². The van der Waals surface area contributed by atoms with Gasteiger partial charge >= 0.3 is 6.03 Å². The van der Waals surface area contributed by atoms with Crippen molar-refractivity contribution in [1.29, 1.82) is 0 Å². The van der Waals surface area contributed by atoms with E-state index in [1.165, 1.54) is 12.6 Å². The van der Waals surface area contributed by atoms with E-state index in [0.29, 0.717) is 19.0 Å². The first-order chi connectivity index (χ1) is 12.1. The number of imide groups is 1. The summed E-state index contributed by atoms with van der Waals surface area (Å²) in [5.74, 6) is -0.257. The molecule has 1 aromatic carbocycles. The van der Waals surface area contributed by atoms with Crippen LogP contribution in [0.3, 0.4) is 0 Å². The van der Waals surface area contributed by atoms with Crippen LogP contribution in [-0.2, 0) is 11.3 Å². The van der Waals surface area contributed by atoms with Crippen molar-refractivity contribution in [3.8, 4) is 0 Å². The first kappa shape index (κ1) is 19.1. The van der Waals surface area contributed by atoms with Gasteiger partial charge in [0.1, 0.15) is 0 Å². The second kappa shape index (κ2) is 9.96. The molecule has 0 spiro atoms. The second-order valence-corrected chi connectivity index (χ2v) is 6.32. The van der Waals surface area contributed by atoms with Crippen molar-refractivity contribution in [2.45, 2.75) is 25.4 Å². The van der Waals surface area contributed by atoms with Gasteiger partial charge in [-0.3, -0.25) is 19.9 Å². The number of carbonyl (C=O) groups excluding carboxylic acids is 2. The molecule has 1 saturated heterocycles. The van der Waals surface area contributed by atoms with E-state index in [4.69, 9.17) is 0 Å². The molecule has 3 amide bonds. The highest BCUT2D eigenvalue weighted by molar-refractivity contribution is 5.94. The fourth-order valence-corrected chi connectivity index (χ4v) is 3.18. The highest BCUT2D eigenvalue weighted by Crippen LogP contribution is 2.18. The van der Waals surface area contributed by atoms with Crippen molar-refractivity contribution in [2.24, 2.45) is 0 Å². The summed E-state index contributed by atoms with van der Waals surface area (Å²) in [6.45, 7) is 8.19. The fraction of sp³-hybridized carbons (Fsp3) is 0.474. The second-order valence-electron chi connectivity index (χ2n) is 6.32. The predicted octanol–water partition coefficient (Wildman–Crippen LogP) is 1.59. The molecule has 1 aromatic rings. The normalized spacial score (nSPS) is 17.4. The molecule has 0 bridgehead atoms. The van der Waals surface area contributed by atoms with Gasteiger partial charge in [0, 0.05) is 52.2 Å². The van der Waals surface area contributed by atoms with Gasteiger partial charge in [0.05, 0.1) is 0 Å². The molecule has 0 radical (unpaired) electrons. The largest absolute Gasteiger partial charge is 0.341 e. The molecule has 6 nitrogen and oxygen atoms in total. The summed E-state index contributed by atoms with van der Waals surface area (Å²) in [4.78, 5) is 27.7. The summed E-state index contributed by atoms with van der Waals surface area (Å²) >= 11 is 0. The molecule has 0 aliphatic carbocycles. The number of hydrogen-bond acceptors (Lipinski definition) is 4. The van der Waals surface area contributed by atoms with Crippen molar-refractivity contribution >= 4 is 11.9 Å². The van der Waals surface area contributed by atoms with Gasteiger partial charge < -0.3 is 5.32 Å². The van der Waals surface area contributed by atoms with E-state index in [1.807, 2.05) is 12.1 Å². The van der Waals surface area contributed by atoms with Crippen molar-refractivity contribution in [3.63, 3.8) is 0 Å². The van der Waals surface area contributed by atoms with E-state index in [-0.39, 0.29) is 5.91 Å². The van der Waals surface area contributed by atoms with Gasteiger partial charge in [-0.15, -0.1) is 6.58 Å². The van der Waals surface area contributed by atoms with E-state index in [0.717, 1.165) is 32.6 Å². The molecule has 0 saturated carbocycles. The van der Waals surface area contributed by atoms with Crippen LogP contribution in [0.4, 0.5) is 4.79 Å². The first-order valence-electron chi connectivity index (χ1n) is 8.75. The van der Waals surface area contributed by atoms with E-state index in [9.17, 15) is 9.59 Å². The fourth-order valence-electron chi connectivity index (χ4n) is 3.18. The molecule has 136 valence electrons. The van der Waals surface area contributed by atoms with E-state index in [1.54, 1.807) is 0 Å². The average molecular weight is 344 g/mol. The number of urea groups is 1. The molecule has 1 heterocycles. The van der Waals surface area contributed by atoms with E-state index >= 15 is 0 Å². The lowest BCUT2D eigenvalue weighted by Crippen LogP contribution is -2.42. The van der Waals surface area contributed by atoms with Crippen LogP contribution >= 0.6 is 0 Å². The monoisotopic (exact) mass is 344 g/mol. The Hall–Kier alpha value is -2.18. The van der Waals surface area contributed by atoms with Gasteiger partial charge in [0.15, 0.2) is 0 Å². The Labute approximate surface area is 149 Å². The summed E-state index contributed by atoms with van der Waals surface area (Å²) < 4.78 is 0. The van der Waals surface area contributed by atoms with Crippen LogP contribution in [0.5, 0.6) is 0 Å². The smallest absolute Gasteiger partial charge is 0.321 e. The lowest BCUT2D eigenvalue weighted by Gasteiger charge is -2.27. The maximum absolute atomic E-state index is 11.8. The van der Waals surface area contributed by atoms with Crippen LogP contribution in [0.1, 0.15) is 18.4 Å². The van der Waals surface area contributed by atoms with Gasteiger partial charge in [0.25, 0.3) is 0 Å². The Morgan fingerprint density at radius 3 is 2.80 bits per heavy atom.